The molecular weight excluding hydrogens is 218 g/mol. The van der Waals surface area contributed by atoms with Gasteiger partial charge in [-0.3, -0.25) is 4.79 Å². The van der Waals surface area contributed by atoms with Crippen molar-refractivity contribution in [2.45, 2.75) is 20.4 Å². The fourth-order valence-electron chi connectivity index (χ4n) is 1.39. The highest BCUT2D eigenvalue weighted by Gasteiger charge is 2.16. The van der Waals surface area contributed by atoms with Gasteiger partial charge in [0.15, 0.2) is 5.84 Å². The number of carbonyl (C=O) groups is 1. The van der Waals surface area contributed by atoms with Gasteiger partial charge in [-0.2, -0.15) is 0 Å². The number of nitrogens with zero attached hydrogens (tertiary/aromatic N) is 1. The third-order valence-electron chi connectivity index (χ3n) is 2.50. The van der Waals surface area contributed by atoms with Crippen molar-refractivity contribution in [2.24, 2.45) is 16.8 Å². The number of carbonyl (C=O) groups excluding carboxylic acids is 1. The number of benzene rings is 1. The molecule has 4 N–H and O–H groups in total. The second kappa shape index (κ2) is 5.89. The average Bonchev–Trinajstić information content (AvgIpc) is 2.34. The molecule has 0 spiro atoms. The lowest BCUT2D eigenvalue weighted by Gasteiger charge is -2.10. The molecule has 0 saturated heterocycles. The summed E-state index contributed by atoms with van der Waals surface area (Å²) in [5.74, 6) is -0.988. The van der Waals surface area contributed by atoms with Crippen LogP contribution in [0, 0.1) is 12.8 Å². The molecule has 0 radical (unpaired) electrons. The van der Waals surface area contributed by atoms with E-state index in [4.69, 9.17) is 10.9 Å². The first-order chi connectivity index (χ1) is 8.04. The zero-order chi connectivity index (χ0) is 12.8. The minimum atomic E-state index is -0.634. The molecule has 0 aromatic heterocycles. The summed E-state index contributed by atoms with van der Waals surface area (Å²) in [7, 11) is 0. The zero-order valence-electron chi connectivity index (χ0n) is 9.97. The Balaban J connectivity index is 2.54. The predicted molar refractivity (Wildman–Crippen MR) is 65.6 cm³/mol. The highest BCUT2D eigenvalue weighted by molar-refractivity contribution is 6.01. The van der Waals surface area contributed by atoms with Gasteiger partial charge >= 0.3 is 0 Å². The van der Waals surface area contributed by atoms with Gasteiger partial charge in [-0.15, -0.1) is 0 Å². The predicted octanol–water partition coefficient (Wildman–Crippen LogP) is 0.994. The van der Waals surface area contributed by atoms with Gasteiger partial charge in [0.2, 0.25) is 5.91 Å². The molecule has 5 heteroatoms. The molecule has 1 aromatic carbocycles. The summed E-state index contributed by atoms with van der Waals surface area (Å²) in [4.78, 5) is 11.6. The maximum atomic E-state index is 11.6. The molecule has 0 saturated carbocycles. The summed E-state index contributed by atoms with van der Waals surface area (Å²) in [6, 6.07) is 7.85. The van der Waals surface area contributed by atoms with E-state index in [0.29, 0.717) is 6.54 Å². The van der Waals surface area contributed by atoms with Gasteiger partial charge in [0.1, 0.15) is 0 Å². The van der Waals surface area contributed by atoms with Gasteiger partial charge in [0.05, 0.1) is 5.92 Å². The maximum absolute atomic E-state index is 11.6. The third-order valence-corrected chi connectivity index (χ3v) is 2.50. The van der Waals surface area contributed by atoms with E-state index in [2.05, 4.69) is 10.5 Å². The Morgan fingerprint density at radius 3 is 2.88 bits per heavy atom. The molecule has 0 bridgehead atoms. The first-order valence-electron chi connectivity index (χ1n) is 5.35. The summed E-state index contributed by atoms with van der Waals surface area (Å²) in [5, 5.41) is 14.0. The van der Waals surface area contributed by atoms with Crippen molar-refractivity contribution < 1.29 is 10.0 Å². The van der Waals surface area contributed by atoms with Crippen LogP contribution in [0.25, 0.3) is 0 Å². The summed E-state index contributed by atoms with van der Waals surface area (Å²) in [6.07, 6.45) is 0. The minimum absolute atomic E-state index is 0.0910. The van der Waals surface area contributed by atoms with Crippen LogP contribution >= 0.6 is 0 Å². The van der Waals surface area contributed by atoms with Gasteiger partial charge in [-0.25, -0.2) is 0 Å². The molecule has 0 aliphatic rings. The average molecular weight is 235 g/mol. The molecule has 0 heterocycles. The lowest BCUT2D eigenvalue weighted by molar-refractivity contribution is -0.122. The molecule has 1 rings (SSSR count). The summed E-state index contributed by atoms with van der Waals surface area (Å²) < 4.78 is 0. The van der Waals surface area contributed by atoms with E-state index in [1.54, 1.807) is 6.92 Å². The van der Waals surface area contributed by atoms with E-state index >= 15 is 0 Å². The number of nitrogens with one attached hydrogen (secondary N) is 1. The first kappa shape index (κ1) is 13.0. The van der Waals surface area contributed by atoms with Crippen molar-refractivity contribution in [1.29, 1.82) is 0 Å². The Labute approximate surface area is 100 Å². The quantitative estimate of drug-likeness (QED) is 0.315. The van der Waals surface area contributed by atoms with Crippen LogP contribution in [0.1, 0.15) is 18.1 Å². The number of amidine groups is 1. The van der Waals surface area contributed by atoms with Crippen LogP contribution in [0.3, 0.4) is 0 Å². The molecule has 17 heavy (non-hydrogen) atoms. The normalized spacial score (nSPS) is 13.2. The zero-order valence-corrected chi connectivity index (χ0v) is 9.97. The first-order valence-corrected chi connectivity index (χ1v) is 5.35. The van der Waals surface area contributed by atoms with E-state index in [1.165, 1.54) is 0 Å². The van der Waals surface area contributed by atoms with Crippen molar-refractivity contribution in [2.75, 3.05) is 0 Å². The van der Waals surface area contributed by atoms with E-state index < -0.39 is 5.92 Å². The second-order valence-corrected chi connectivity index (χ2v) is 3.95. The van der Waals surface area contributed by atoms with Crippen molar-refractivity contribution in [3.63, 3.8) is 0 Å². The van der Waals surface area contributed by atoms with Crippen LogP contribution in [-0.4, -0.2) is 17.0 Å². The van der Waals surface area contributed by atoms with E-state index in [-0.39, 0.29) is 11.7 Å². The third kappa shape index (κ3) is 3.79. The fraction of sp³-hybridized carbons (Fsp3) is 0.333. The monoisotopic (exact) mass is 235 g/mol. The summed E-state index contributed by atoms with van der Waals surface area (Å²) in [6.45, 7) is 4.01. The number of oxime groups is 1. The number of amides is 1. The van der Waals surface area contributed by atoms with Crippen LogP contribution < -0.4 is 11.1 Å². The lowest BCUT2D eigenvalue weighted by atomic mass is 10.1. The van der Waals surface area contributed by atoms with Crippen molar-refractivity contribution in [3.8, 4) is 0 Å². The molecule has 1 atom stereocenters. The Bertz CT molecular complexity index is 430. The van der Waals surface area contributed by atoms with Gasteiger partial charge in [0.25, 0.3) is 0 Å². The number of hydrogen-bond acceptors (Lipinski definition) is 3. The topological polar surface area (TPSA) is 87.7 Å². The molecule has 0 aliphatic carbocycles. The molecule has 5 nitrogen and oxygen atoms in total. The number of rotatable bonds is 4. The highest BCUT2D eigenvalue weighted by Crippen LogP contribution is 2.04. The number of aryl methyl sites for hydroxylation is 1. The van der Waals surface area contributed by atoms with Crippen LogP contribution in [0.5, 0.6) is 0 Å². The van der Waals surface area contributed by atoms with Crippen LogP contribution in [0.15, 0.2) is 29.4 Å². The van der Waals surface area contributed by atoms with Crippen LogP contribution in [0.4, 0.5) is 0 Å². The van der Waals surface area contributed by atoms with E-state index in [0.717, 1.165) is 11.1 Å². The Kier molecular flexibility index (Phi) is 4.51. The lowest BCUT2D eigenvalue weighted by Crippen LogP contribution is -2.36. The standard InChI is InChI=1S/C12H17N3O2/c1-8-4-3-5-10(6-8)7-14-12(16)9(2)11(13)15-17/h3-6,9,17H,7H2,1-2H3,(H2,13,15)(H,14,16). The van der Waals surface area contributed by atoms with Crippen LogP contribution in [0.2, 0.25) is 0 Å². The molecule has 1 unspecified atom stereocenters. The molecule has 0 aliphatic heterocycles. The molecule has 0 fully saturated rings. The van der Waals surface area contributed by atoms with E-state index in [9.17, 15) is 4.79 Å². The fourth-order valence-corrected chi connectivity index (χ4v) is 1.39. The second-order valence-electron chi connectivity index (χ2n) is 3.95. The van der Waals surface area contributed by atoms with Gasteiger partial charge in [-0.1, -0.05) is 35.0 Å². The maximum Gasteiger partial charge on any atom is 0.230 e. The highest BCUT2D eigenvalue weighted by atomic mass is 16.4. The molecule has 1 aromatic rings. The van der Waals surface area contributed by atoms with E-state index in [1.807, 2.05) is 31.2 Å². The number of nitrogens with two attached hydrogens (primary N) is 1. The minimum Gasteiger partial charge on any atom is -0.409 e. The van der Waals surface area contributed by atoms with Crippen LogP contribution in [-0.2, 0) is 11.3 Å². The molecule has 1 amide bonds. The number of hydrogen-bond donors (Lipinski definition) is 3. The van der Waals surface area contributed by atoms with Crippen molar-refractivity contribution in [1.82, 2.24) is 5.32 Å². The largest absolute Gasteiger partial charge is 0.409 e. The molecule has 92 valence electrons. The summed E-state index contributed by atoms with van der Waals surface area (Å²) >= 11 is 0. The van der Waals surface area contributed by atoms with Gasteiger partial charge in [-0.05, 0) is 19.4 Å². The Morgan fingerprint density at radius 1 is 1.59 bits per heavy atom. The summed E-state index contributed by atoms with van der Waals surface area (Å²) in [5.41, 5.74) is 7.51. The van der Waals surface area contributed by atoms with Gasteiger partial charge in [0, 0.05) is 6.54 Å². The Morgan fingerprint density at radius 2 is 2.29 bits per heavy atom. The van der Waals surface area contributed by atoms with Crippen molar-refractivity contribution in [3.05, 3.63) is 35.4 Å². The smallest absolute Gasteiger partial charge is 0.230 e. The SMILES string of the molecule is Cc1cccc(CNC(=O)C(C)C(N)=NO)c1. The van der Waals surface area contributed by atoms with Gasteiger partial charge < -0.3 is 16.3 Å². The molecular formula is C12H17N3O2. The van der Waals surface area contributed by atoms with Crippen molar-refractivity contribution >= 4 is 11.7 Å². The Hall–Kier alpha value is -2.04.